The topological polar surface area (TPSA) is 32.3 Å². The van der Waals surface area contributed by atoms with Crippen LogP contribution in [0.5, 0.6) is 0 Å². The zero-order valence-corrected chi connectivity index (χ0v) is 9.68. The molecule has 0 unspecified atom stereocenters. The number of hydrogen-bond acceptors (Lipinski definition) is 2. The second-order valence-electron chi connectivity index (χ2n) is 5.19. The van der Waals surface area contributed by atoms with Gasteiger partial charge in [-0.2, -0.15) is 0 Å². The summed E-state index contributed by atoms with van der Waals surface area (Å²) in [6.07, 6.45) is 6.10. The van der Waals surface area contributed by atoms with Crippen molar-refractivity contribution in [2.75, 3.05) is 19.7 Å². The molecule has 0 atom stereocenters. The summed E-state index contributed by atoms with van der Waals surface area (Å²) in [6, 6.07) is 0. The average Bonchev–Trinajstić information content (AvgIpc) is 2.19. The molecule has 2 heteroatoms. The van der Waals surface area contributed by atoms with E-state index in [1.165, 1.54) is 19.3 Å². The van der Waals surface area contributed by atoms with Crippen molar-refractivity contribution < 1.29 is 5.11 Å². The van der Waals surface area contributed by atoms with E-state index in [4.69, 9.17) is 0 Å². The Labute approximate surface area is 88.1 Å². The van der Waals surface area contributed by atoms with Crippen LogP contribution in [0.2, 0.25) is 0 Å². The van der Waals surface area contributed by atoms with Gasteiger partial charge in [0, 0.05) is 6.61 Å². The van der Waals surface area contributed by atoms with E-state index in [9.17, 15) is 5.11 Å². The molecule has 0 amide bonds. The first-order valence-electron chi connectivity index (χ1n) is 6.00. The highest BCUT2D eigenvalue weighted by atomic mass is 16.3. The fourth-order valence-corrected chi connectivity index (χ4v) is 2.33. The number of aliphatic hydroxyl groups is 1. The Hall–Kier alpha value is -0.0800. The van der Waals surface area contributed by atoms with Crippen molar-refractivity contribution in [3.05, 3.63) is 0 Å². The van der Waals surface area contributed by atoms with Crippen molar-refractivity contribution in [2.24, 2.45) is 11.3 Å². The van der Waals surface area contributed by atoms with Crippen LogP contribution in [0, 0.1) is 11.3 Å². The van der Waals surface area contributed by atoms with Crippen molar-refractivity contribution >= 4 is 0 Å². The average molecular weight is 199 g/mol. The van der Waals surface area contributed by atoms with Gasteiger partial charge in [0.15, 0.2) is 0 Å². The van der Waals surface area contributed by atoms with Gasteiger partial charge >= 0.3 is 0 Å². The molecule has 0 aliphatic carbocycles. The molecule has 0 saturated carbocycles. The van der Waals surface area contributed by atoms with Crippen LogP contribution in [0.15, 0.2) is 0 Å². The van der Waals surface area contributed by atoms with Gasteiger partial charge in [-0.05, 0) is 43.7 Å². The smallest absolute Gasteiger partial charge is 0.0488 e. The summed E-state index contributed by atoms with van der Waals surface area (Å²) >= 11 is 0. The zero-order valence-electron chi connectivity index (χ0n) is 9.68. The Bertz CT molecular complexity index is 150. The lowest BCUT2D eigenvalue weighted by atomic mass is 9.75. The largest absolute Gasteiger partial charge is 0.396 e. The van der Waals surface area contributed by atoms with Crippen LogP contribution in [-0.2, 0) is 0 Å². The third-order valence-corrected chi connectivity index (χ3v) is 3.49. The molecule has 1 heterocycles. The molecule has 1 fully saturated rings. The van der Waals surface area contributed by atoms with Crippen molar-refractivity contribution in [1.29, 1.82) is 0 Å². The molecule has 0 aromatic rings. The summed E-state index contributed by atoms with van der Waals surface area (Å²) in [5.41, 5.74) is 0.250. The van der Waals surface area contributed by atoms with E-state index in [-0.39, 0.29) is 5.41 Å². The van der Waals surface area contributed by atoms with Gasteiger partial charge in [-0.1, -0.05) is 26.7 Å². The lowest BCUT2D eigenvalue weighted by Crippen LogP contribution is -2.39. The van der Waals surface area contributed by atoms with Crippen LogP contribution in [-0.4, -0.2) is 24.8 Å². The van der Waals surface area contributed by atoms with E-state index in [0.29, 0.717) is 6.61 Å². The number of nitrogens with one attached hydrogen (secondary N) is 1. The second-order valence-corrected chi connectivity index (χ2v) is 5.19. The van der Waals surface area contributed by atoms with Gasteiger partial charge in [0.05, 0.1) is 0 Å². The molecule has 0 aromatic heterocycles. The first-order valence-corrected chi connectivity index (χ1v) is 6.00. The van der Waals surface area contributed by atoms with Crippen molar-refractivity contribution in [3.63, 3.8) is 0 Å². The number of hydrogen-bond donors (Lipinski definition) is 2. The highest BCUT2D eigenvalue weighted by molar-refractivity contribution is 4.83. The molecule has 2 N–H and O–H groups in total. The third kappa shape index (κ3) is 3.58. The van der Waals surface area contributed by atoms with Crippen LogP contribution in [0.1, 0.15) is 46.0 Å². The van der Waals surface area contributed by atoms with E-state index in [2.05, 4.69) is 19.2 Å². The molecule has 0 spiro atoms. The van der Waals surface area contributed by atoms with E-state index in [1.807, 2.05) is 0 Å². The fourth-order valence-electron chi connectivity index (χ4n) is 2.33. The van der Waals surface area contributed by atoms with Gasteiger partial charge in [0.25, 0.3) is 0 Å². The molecule has 0 radical (unpaired) electrons. The van der Waals surface area contributed by atoms with Crippen molar-refractivity contribution in [2.45, 2.75) is 46.0 Å². The maximum Gasteiger partial charge on any atom is 0.0488 e. The quantitative estimate of drug-likeness (QED) is 0.711. The van der Waals surface area contributed by atoms with E-state index in [1.54, 1.807) is 0 Å². The highest BCUT2D eigenvalue weighted by Crippen LogP contribution is 2.34. The first kappa shape index (κ1) is 12.0. The molecular weight excluding hydrogens is 174 g/mol. The second kappa shape index (κ2) is 5.72. The van der Waals surface area contributed by atoms with Gasteiger partial charge < -0.3 is 10.4 Å². The third-order valence-electron chi connectivity index (χ3n) is 3.49. The molecule has 0 bridgehead atoms. The monoisotopic (exact) mass is 199 g/mol. The molecule has 1 rings (SSSR count). The Morgan fingerprint density at radius 2 is 1.93 bits per heavy atom. The highest BCUT2D eigenvalue weighted by Gasteiger charge is 2.30. The Balaban J connectivity index is 2.29. The SMILES string of the molecule is CC(C)CCCC1(CO)CCNCC1. The molecule has 84 valence electrons. The number of aliphatic hydroxyl groups excluding tert-OH is 1. The van der Waals surface area contributed by atoms with Gasteiger partial charge in [-0.25, -0.2) is 0 Å². The Morgan fingerprint density at radius 1 is 1.29 bits per heavy atom. The lowest BCUT2D eigenvalue weighted by molar-refractivity contribution is 0.0766. The van der Waals surface area contributed by atoms with Gasteiger partial charge in [-0.15, -0.1) is 0 Å². The van der Waals surface area contributed by atoms with Gasteiger partial charge in [0.2, 0.25) is 0 Å². The van der Waals surface area contributed by atoms with Crippen LogP contribution in [0.25, 0.3) is 0 Å². The molecule has 0 aromatic carbocycles. The molecule has 1 saturated heterocycles. The molecular formula is C12H25NO. The fraction of sp³-hybridized carbons (Fsp3) is 1.00. The molecule has 2 nitrogen and oxygen atoms in total. The summed E-state index contributed by atoms with van der Waals surface area (Å²) in [4.78, 5) is 0. The van der Waals surface area contributed by atoms with Crippen LogP contribution in [0.3, 0.4) is 0 Å². The summed E-state index contributed by atoms with van der Waals surface area (Å²) in [6.45, 7) is 7.10. The Kier molecular flexibility index (Phi) is 4.90. The van der Waals surface area contributed by atoms with Gasteiger partial charge in [0.1, 0.15) is 0 Å². The van der Waals surface area contributed by atoms with E-state index < -0.39 is 0 Å². The molecule has 14 heavy (non-hydrogen) atoms. The number of piperidine rings is 1. The van der Waals surface area contributed by atoms with Crippen LogP contribution in [0.4, 0.5) is 0 Å². The zero-order chi connectivity index (χ0) is 10.4. The predicted octanol–water partition coefficient (Wildman–Crippen LogP) is 2.17. The standard InChI is InChI=1S/C12H25NO/c1-11(2)4-3-5-12(10-14)6-8-13-9-7-12/h11,13-14H,3-10H2,1-2H3. The minimum Gasteiger partial charge on any atom is -0.396 e. The minimum absolute atomic E-state index is 0.250. The summed E-state index contributed by atoms with van der Waals surface area (Å²) in [5, 5.41) is 12.8. The van der Waals surface area contributed by atoms with Gasteiger partial charge in [-0.3, -0.25) is 0 Å². The Morgan fingerprint density at radius 3 is 2.43 bits per heavy atom. The van der Waals surface area contributed by atoms with Crippen molar-refractivity contribution in [3.8, 4) is 0 Å². The van der Waals surface area contributed by atoms with E-state index >= 15 is 0 Å². The first-order chi connectivity index (χ1) is 6.68. The van der Waals surface area contributed by atoms with Crippen molar-refractivity contribution in [1.82, 2.24) is 5.32 Å². The molecule has 1 aliphatic rings. The normalized spacial score (nSPS) is 21.4. The van der Waals surface area contributed by atoms with E-state index in [0.717, 1.165) is 31.8 Å². The number of rotatable bonds is 5. The molecule has 1 aliphatic heterocycles. The minimum atomic E-state index is 0.250. The lowest BCUT2D eigenvalue weighted by Gasteiger charge is -2.36. The summed E-state index contributed by atoms with van der Waals surface area (Å²) < 4.78 is 0. The maximum atomic E-state index is 9.48. The summed E-state index contributed by atoms with van der Waals surface area (Å²) in [7, 11) is 0. The van der Waals surface area contributed by atoms with Crippen LogP contribution < -0.4 is 5.32 Å². The predicted molar refractivity (Wildman–Crippen MR) is 60.3 cm³/mol. The van der Waals surface area contributed by atoms with Crippen LogP contribution >= 0.6 is 0 Å². The maximum absolute atomic E-state index is 9.48. The summed E-state index contributed by atoms with van der Waals surface area (Å²) in [5.74, 6) is 0.799.